The van der Waals surface area contributed by atoms with Crippen LogP contribution >= 0.6 is 0 Å². The smallest absolute Gasteiger partial charge is 0.335 e. The second-order valence-electron chi connectivity index (χ2n) is 8.02. The van der Waals surface area contributed by atoms with Crippen LogP contribution in [-0.2, 0) is 16.1 Å². The number of carbonyl (C=O) groups excluding carboxylic acids is 4. The SMILES string of the molecule is Cc1cc(C(=O)CN2C(=O)C(=O)N(Cc3ccco3)C2=O)c(C)n1-c1ccc2c(c1)OCCO2. The van der Waals surface area contributed by atoms with E-state index >= 15 is 0 Å². The molecule has 10 heteroatoms. The standard InChI is InChI=1S/C24H21N3O7/c1-14-10-18(15(2)27(14)16-5-6-20-21(11-16)34-9-8-33-20)19(28)13-26-23(30)22(29)25(24(26)31)12-17-4-3-7-32-17/h3-7,10-11H,8-9,12-13H2,1-2H3. The van der Waals surface area contributed by atoms with Crippen LogP contribution in [0.5, 0.6) is 11.5 Å². The molecule has 4 amide bonds. The van der Waals surface area contributed by atoms with Crippen molar-refractivity contribution >= 4 is 23.6 Å². The van der Waals surface area contributed by atoms with Gasteiger partial charge in [0.15, 0.2) is 17.3 Å². The normalized spacial score (nSPS) is 15.4. The van der Waals surface area contributed by atoms with Gasteiger partial charge in [-0.2, -0.15) is 0 Å². The van der Waals surface area contributed by atoms with Crippen LogP contribution in [0.4, 0.5) is 4.79 Å². The van der Waals surface area contributed by atoms with Crippen molar-refractivity contribution in [1.29, 1.82) is 0 Å². The molecule has 2 aliphatic rings. The highest BCUT2D eigenvalue weighted by Gasteiger charge is 2.45. The van der Waals surface area contributed by atoms with E-state index in [1.807, 2.05) is 29.7 Å². The molecule has 5 rings (SSSR count). The Morgan fingerprint density at radius 1 is 0.941 bits per heavy atom. The van der Waals surface area contributed by atoms with Gasteiger partial charge >= 0.3 is 17.8 Å². The predicted molar refractivity (Wildman–Crippen MR) is 117 cm³/mol. The second kappa shape index (κ2) is 8.22. The largest absolute Gasteiger partial charge is 0.486 e. The van der Waals surface area contributed by atoms with E-state index in [2.05, 4.69) is 0 Å². The van der Waals surface area contributed by atoms with Gasteiger partial charge in [0.1, 0.15) is 19.0 Å². The van der Waals surface area contributed by atoms with E-state index in [0.717, 1.165) is 16.3 Å². The summed E-state index contributed by atoms with van der Waals surface area (Å²) in [7, 11) is 0. The summed E-state index contributed by atoms with van der Waals surface area (Å²) in [4.78, 5) is 52.1. The molecule has 0 atom stereocenters. The van der Waals surface area contributed by atoms with Gasteiger partial charge in [-0.1, -0.05) is 0 Å². The van der Waals surface area contributed by atoms with Gasteiger partial charge in [0.05, 0.1) is 19.4 Å². The first-order chi connectivity index (χ1) is 16.3. The maximum atomic E-state index is 13.1. The number of fused-ring (bicyclic) bond motifs is 1. The monoisotopic (exact) mass is 463 g/mol. The topological polar surface area (TPSA) is 111 Å². The summed E-state index contributed by atoms with van der Waals surface area (Å²) in [6.45, 7) is 3.85. The van der Waals surface area contributed by atoms with Crippen molar-refractivity contribution in [2.24, 2.45) is 0 Å². The van der Waals surface area contributed by atoms with Crippen molar-refractivity contribution in [3.8, 4) is 17.2 Å². The summed E-state index contributed by atoms with van der Waals surface area (Å²) in [5, 5.41) is 0. The number of amides is 4. The molecule has 4 heterocycles. The number of aryl methyl sites for hydroxylation is 1. The molecule has 0 spiro atoms. The van der Waals surface area contributed by atoms with Crippen LogP contribution in [-0.4, -0.2) is 57.8 Å². The quantitative estimate of drug-likeness (QED) is 0.314. The maximum Gasteiger partial charge on any atom is 0.335 e. The summed E-state index contributed by atoms with van der Waals surface area (Å²) in [5.41, 5.74) is 2.56. The van der Waals surface area contributed by atoms with Crippen LogP contribution in [0, 0.1) is 13.8 Å². The van der Waals surface area contributed by atoms with Gasteiger partial charge < -0.3 is 18.5 Å². The number of hydrogen-bond donors (Lipinski definition) is 0. The van der Waals surface area contributed by atoms with E-state index in [1.165, 1.54) is 6.26 Å². The number of ether oxygens (including phenoxy) is 2. The summed E-state index contributed by atoms with van der Waals surface area (Å²) in [6, 6.07) is 9.56. The van der Waals surface area contributed by atoms with Gasteiger partial charge in [0.25, 0.3) is 0 Å². The molecular formula is C24H21N3O7. The van der Waals surface area contributed by atoms with E-state index < -0.39 is 30.2 Å². The fourth-order valence-electron chi connectivity index (χ4n) is 4.23. The average molecular weight is 463 g/mol. The molecule has 0 aliphatic carbocycles. The van der Waals surface area contributed by atoms with E-state index in [1.54, 1.807) is 25.1 Å². The van der Waals surface area contributed by atoms with Gasteiger partial charge in [-0.3, -0.25) is 14.4 Å². The molecule has 0 N–H and O–H groups in total. The third kappa shape index (κ3) is 3.53. The molecule has 0 bridgehead atoms. The molecular weight excluding hydrogens is 442 g/mol. The molecule has 34 heavy (non-hydrogen) atoms. The number of rotatable bonds is 6. The molecule has 1 aromatic carbocycles. The third-order valence-electron chi connectivity index (χ3n) is 5.85. The molecule has 2 aromatic heterocycles. The highest BCUT2D eigenvalue weighted by Crippen LogP contribution is 2.33. The van der Waals surface area contributed by atoms with Crippen molar-refractivity contribution in [2.75, 3.05) is 19.8 Å². The van der Waals surface area contributed by atoms with E-state index in [9.17, 15) is 19.2 Å². The molecule has 1 saturated heterocycles. The van der Waals surface area contributed by atoms with Crippen molar-refractivity contribution in [1.82, 2.24) is 14.4 Å². The maximum absolute atomic E-state index is 13.1. The minimum absolute atomic E-state index is 0.181. The molecule has 0 saturated carbocycles. The highest BCUT2D eigenvalue weighted by atomic mass is 16.6. The van der Waals surface area contributed by atoms with E-state index in [0.29, 0.717) is 46.6 Å². The lowest BCUT2D eigenvalue weighted by atomic mass is 10.1. The predicted octanol–water partition coefficient (Wildman–Crippen LogP) is 2.63. The number of urea groups is 1. The number of benzene rings is 1. The molecule has 2 aliphatic heterocycles. The zero-order chi connectivity index (χ0) is 24.0. The van der Waals surface area contributed by atoms with Crippen molar-refractivity contribution in [2.45, 2.75) is 20.4 Å². The van der Waals surface area contributed by atoms with Crippen LogP contribution < -0.4 is 9.47 Å². The molecule has 174 valence electrons. The summed E-state index contributed by atoms with van der Waals surface area (Å²) in [6.07, 6.45) is 1.40. The lowest BCUT2D eigenvalue weighted by Gasteiger charge is -2.20. The van der Waals surface area contributed by atoms with E-state index in [4.69, 9.17) is 13.9 Å². The summed E-state index contributed by atoms with van der Waals surface area (Å²) < 4.78 is 18.3. The van der Waals surface area contributed by atoms with Crippen molar-refractivity contribution in [3.05, 3.63) is 65.4 Å². The van der Waals surface area contributed by atoms with Crippen LogP contribution in [0.3, 0.4) is 0 Å². The molecule has 1 fully saturated rings. The van der Waals surface area contributed by atoms with Crippen LogP contribution in [0.1, 0.15) is 27.5 Å². The van der Waals surface area contributed by atoms with Gasteiger partial charge in [-0.05, 0) is 44.2 Å². The highest BCUT2D eigenvalue weighted by molar-refractivity contribution is 6.45. The van der Waals surface area contributed by atoms with Crippen LogP contribution in [0.15, 0.2) is 47.1 Å². The minimum Gasteiger partial charge on any atom is -0.486 e. The molecule has 0 unspecified atom stereocenters. The number of aromatic nitrogens is 1. The number of hydrogen-bond acceptors (Lipinski definition) is 7. The first kappa shape index (κ1) is 21.5. The Kier molecular flexibility index (Phi) is 5.20. The Labute approximate surface area is 194 Å². The number of furan rings is 1. The first-order valence-electron chi connectivity index (χ1n) is 10.7. The number of Topliss-reactive ketones (excluding diaryl/α,β-unsaturated/α-hetero) is 1. The lowest BCUT2D eigenvalue weighted by Crippen LogP contribution is -2.37. The van der Waals surface area contributed by atoms with Gasteiger partial charge in [-0.15, -0.1) is 0 Å². The number of carbonyl (C=O) groups is 4. The fraction of sp³-hybridized carbons (Fsp3) is 0.250. The second-order valence-corrected chi connectivity index (χ2v) is 8.02. The minimum atomic E-state index is -1.04. The Hall–Kier alpha value is -4.34. The number of imide groups is 2. The van der Waals surface area contributed by atoms with Gasteiger partial charge in [-0.25, -0.2) is 14.6 Å². The fourth-order valence-corrected chi connectivity index (χ4v) is 4.23. The van der Waals surface area contributed by atoms with Gasteiger partial charge in [0, 0.05) is 28.7 Å². The summed E-state index contributed by atoms with van der Waals surface area (Å²) in [5.74, 6) is -0.852. The Morgan fingerprint density at radius 2 is 1.68 bits per heavy atom. The average Bonchev–Trinajstić information content (AvgIpc) is 3.50. The third-order valence-corrected chi connectivity index (χ3v) is 5.85. The van der Waals surface area contributed by atoms with Crippen molar-refractivity contribution < 1.29 is 33.1 Å². The Bertz CT molecular complexity index is 1320. The number of ketones is 1. The molecule has 3 aromatic rings. The van der Waals surface area contributed by atoms with Crippen LogP contribution in [0.2, 0.25) is 0 Å². The summed E-state index contributed by atoms with van der Waals surface area (Å²) >= 11 is 0. The van der Waals surface area contributed by atoms with Gasteiger partial charge in [0.2, 0.25) is 0 Å². The Morgan fingerprint density at radius 3 is 2.41 bits per heavy atom. The zero-order valence-electron chi connectivity index (χ0n) is 18.6. The van der Waals surface area contributed by atoms with Crippen LogP contribution in [0.25, 0.3) is 5.69 Å². The lowest BCUT2D eigenvalue weighted by molar-refractivity contribution is -0.143. The Balaban J connectivity index is 1.38. The van der Waals surface area contributed by atoms with Crippen molar-refractivity contribution in [3.63, 3.8) is 0 Å². The van der Waals surface area contributed by atoms with E-state index in [-0.39, 0.29) is 6.54 Å². The first-order valence-corrected chi connectivity index (χ1v) is 10.7. The number of nitrogens with zero attached hydrogens (tertiary/aromatic N) is 3. The molecule has 0 radical (unpaired) electrons. The zero-order valence-corrected chi connectivity index (χ0v) is 18.6. The molecule has 10 nitrogen and oxygen atoms in total.